The standard InChI is InChI=1S/C18H16BrNO3/c1-12(21)13-4-3-5-16(11-13)20-18(22)9-6-14-10-15(19)7-8-17(14)23-2/h3-11H,1-2H3,(H,20,22). The third-order valence-corrected chi connectivity index (χ3v) is 3.64. The van der Waals surface area contributed by atoms with Gasteiger partial charge in [-0.05, 0) is 43.3 Å². The van der Waals surface area contributed by atoms with Crippen LogP contribution in [0.2, 0.25) is 0 Å². The van der Waals surface area contributed by atoms with E-state index in [4.69, 9.17) is 4.74 Å². The van der Waals surface area contributed by atoms with Crippen molar-refractivity contribution in [3.05, 3.63) is 64.1 Å². The summed E-state index contributed by atoms with van der Waals surface area (Å²) in [6.07, 6.45) is 3.10. The molecule has 1 amide bonds. The molecule has 0 saturated carbocycles. The van der Waals surface area contributed by atoms with Crippen LogP contribution in [0.1, 0.15) is 22.8 Å². The Bertz CT molecular complexity index is 769. The van der Waals surface area contributed by atoms with Gasteiger partial charge in [0, 0.05) is 27.4 Å². The Morgan fingerprint density at radius 1 is 1.17 bits per heavy atom. The number of carbonyl (C=O) groups excluding carboxylic acids is 2. The van der Waals surface area contributed by atoms with Gasteiger partial charge in [-0.15, -0.1) is 0 Å². The van der Waals surface area contributed by atoms with Gasteiger partial charge in [-0.25, -0.2) is 0 Å². The molecule has 0 radical (unpaired) electrons. The van der Waals surface area contributed by atoms with E-state index in [0.29, 0.717) is 17.0 Å². The van der Waals surface area contributed by atoms with Crippen LogP contribution in [0.25, 0.3) is 6.08 Å². The number of methoxy groups -OCH3 is 1. The maximum Gasteiger partial charge on any atom is 0.248 e. The van der Waals surface area contributed by atoms with Crippen molar-refractivity contribution in [1.82, 2.24) is 0 Å². The molecule has 0 unspecified atom stereocenters. The normalized spacial score (nSPS) is 10.6. The van der Waals surface area contributed by atoms with E-state index in [9.17, 15) is 9.59 Å². The molecule has 23 heavy (non-hydrogen) atoms. The van der Waals surface area contributed by atoms with E-state index in [1.165, 1.54) is 13.0 Å². The van der Waals surface area contributed by atoms with Crippen LogP contribution in [0.3, 0.4) is 0 Å². The molecule has 118 valence electrons. The largest absolute Gasteiger partial charge is 0.496 e. The van der Waals surface area contributed by atoms with Crippen LogP contribution in [-0.4, -0.2) is 18.8 Å². The van der Waals surface area contributed by atoms with Crippen molar-refractivity contribution in [2.75, 3.05) is 12.4 Å². The van der Waals surface area contributed by atoms with Gasteiger partial charge in [0.25, 0.3) is 0 Å². The highest BCUT2D eigenvalue weighted by molar-refractivity contribution is 9.10. The molecule has 0 atom stereocenters. The van der Waals surface area contributed by atoms with Gasteiger partial charge in [-0.3, -0.25) is 9.59 Å². The summed E-state index contributed by atoms with van der Waals surface area (Å²) in [5, 5.41) is 2.73. The fourth-order valence-electron chi connectivity index (χ4n) is 2.00. The second kappa shape index (κ2) is 7.74. The van der Waals surface area contributed by atoms with Gasteiger partial charge in [-0.1, -0.05) is 28.1 Å². The number of nitrogens with one attached hydrogen (secondary N) is 1. The first-order chi connectivity index (χ1) is 11.0. The minimum absolute atomic E-state index is 0.0458. The maximum absolute atomic E-state index is 12.0. The van der Waals surface area contributed by atoms with Crippen molar-refractivity contribution < 1.29 is 14.3 Å². The van der Waals surface area contributed by atoms with Gasteiger partial charge in [0.2, 0.25) is 5.91 Å². The molecule has 0 aliphatic carbocycles. The summed E-state index contributed by atoms with van der Waals surface area (Å²) in [7, 11) is 1.58. The lowest BCUT2D eigenvalue weighted by molar-refractivity contribution is -0.111. The highest BCUT2D eigenvalue weighted by Gasteiger charge is 2.04. The Balaban J connectivity index is 2.12. The Kier molecular flexibility index (Phi) is 5.71. The fraction of sp³-hybridized carbons (Fsp3) is 0.111. The number of anilines is 1. The number of carbonyl (C=O) groups is 2. The molecular weight excluding hydrogens is 358 g/mol. The van der Waals surface area contributed by atoms with Gasteiger partial charge in [0.15, 0.2) is 5.78 Å². The highest BCUT2D eigenvalue weighted by Crippen LogP contribution is 2.24. The van der Waals surface area contributed by atoms with Crippen molar-refractivity contribution in [2.45, 2.75) is 6.92 Å². The van der Waals surface area contributed by atoms with E-state index in [1.807, 2.05) is 18.2 Å². The summed E-state index contributed by atoms with van der Waals surface area (Å²) in [5.41, 5.74) is 1.92. The molecule has 0 saturated heterocycles. The second-order valence-electron chi connectivity index (χ2n) is 4.85. The van der Waals surface area contributed by atoms with E-state index in [2.05, 4.69) is 21.2 Å². The van der Waals surface area contributed by atoms with Crippen molar-refractivity contribution in [3.8, 4) is 5.75 Å². The third kappa shape index (κ3) is 4.79. The third-order valence-electron chi connectivity index (χ3n) is 3.14. The first kappa shape index (κ1) is 17.0. The van der Waals surface area contributed by atoms with Gasteiger partial charge in [0.05, 0.1) is 7.11 Å². The van der Waals surface area contributed by atoms with Crippen LogP contribution >= 0.6 is 15.9 Å². The summed E-state index contributed by atoms with van der Waals surface area (Å²) in [6.45, 7) is 1.49. The number of Topliss-reactive ketones (excluding diaryl/α,β-unsaturated/α-hetero) is 1. The monoisotopic (exact) mass is 373 g/mol. The highest BCUT2D eigenvalue weighted by atomic mass is 79.9. The molecule has 0 fully saturated rings. The van der Waals surface area contributed by atoms with Crippen LogP contribution in [0.4, 0.5) is 5.69 Å². The number of ether oxygens (including phenoxy) is 1. The molecule has 4 nitrogen and oxygen atoms in total. The molecule has 0 bridgehead atoms. The van der Waals surface area contributed by atoms with Crippen molar-refractivity contribution in [3.63, 3.8) is 0 Å². The summed E-state index contributed by atoms with van der Waals surface area (Å²) in [4.78, 5) is 23.4. The van der Waals surface area contributed by atoms with Gasteiger partial charge in [0.1, 0.15) is 5.75 Å². The van der Waals surface area contributed by atoms with Gasteiger partial charge >= 0.3 is 0 Å². The molecule has 2 rings (SSSR count). The Morgan fingerprint density at radius 2 is 1.96 bits per heavy atom. The molecule has 2 aromatic carbocycles. The Morgan fingerprint density at radius 3 is 2.65 bits per heavy atom. The number of ketones is 1. The lowest BCUT2D eigenvalue weighted by atomic mass is 10.1. The topological polar surface area (TPSA) is 55.4 Å². The maximum atomic E-state index is 12.0. The quantitative estimate of drug-likeness (QED) is 0.627. The molecule has 0 aromatic heterocycles. The fourth-order valence-corrected chi connectivity index (χ4v) is 2.38. The molecule has 5 heteroatoms. The molecule has 0 spiro atoms. The van der Waals surface area contributed by atoms with Crippen LogP contribution in [-0.2, 0) is 4.79 Å². The van der Waals surface area contributed by atoms with Crippen molar-refractivity contribution in [2.24, 2.45) is 0 Å². The molecule has 2 aromatic rings. The number of benzene rings is 2. The zero-order valence-corrected chi connectivity index (χ0v) is 14.4. The van der Waals surface area contributed by atoms with Crippen LogP contribution in [0.15, 0.2) is 53.0 Å². The average molecular weight is 374 g/mol. The minimum Gasteiger partial charge on any atom is -0.496 e. The molecule has 0 aliphatic heterocycles. The number of amides is 1. The number of rotatable bonds is 5. The zero-order valence-electron chi connectivity index (χ0n) is 12.8. The summed E-state index contributed by atoms with van der Waals surface area (Å²) < 4.78 is 6.15. The predicted octanol–water partition coefficient (Wildman–Crippen LogP) is 4.31. The lowest BCUT2D eigenvalue weighted by Crippen LogP contribution is -2.08. The van der Waals surface area contributed by atoms with Crippen molar-refractivity contribution in [1.29, 1.82) is 0 Å². The van der Waals surface area contributed by atoms with E-state index < -0.39 is 0 Å². The van der Waals surface area contributed by atoms with E-state index in [-0.39, 0.29) is 11.7 Å². The van der Waals surface area contributed by atoms with Crippen molar-refractivity contribution >= 4 is 39.4 Å². The van der Waals surface area contributed by atoms with E-state index >= 15 is 0 Å². The smallest absolute Gasteiger partial charge is 0.248 e. The number of hydrogen-bond acceptors (Lipinski definition) is 3. The molecule has 0 heterocycles. The lowest BCUT2D eigenvalue weighted by Gasteiger charge is -2.06. The molecular formula is C18H16BrNO3. The van der Waals surface area contributed by atoms with Crippen LogP contribution < -0.4 is 10.1 Å². The molecule has 1 N–H and O–H groups in total. The first-order valence-corrected chi connectivity index (χ1v) is 7.72. The average Bonchev–Trinajstić information content (AvgIpc) is 2.53. The van der Waals surface area contributed by atoms with Crippen LogP contribution in [0, 0.1) is 0 Å². The van der Waals surface area contributed by atoms with E-state index in [0.717, 1.165) is 10.0 Å². The molecule has 0 aliphatic rings. The Hall–Kier alpha value is -2.40. The Labute approximate surface area is 143 Å². The number of hydrogen-bond donors (Lipinski definition) is 1. The number of halogens is 1. The van der Waals surface area contributed by atoms with Gasteiger partial charge < -0.3 is 10.1 Å². The summed E-state index contributed by atoms with van der Waals surface area (Å²) in [5.74, 6) is 0.346. The minimum atomic E-state index is -0.285. The summed E-state index contributed by atoms with van der Waals surface area (Å²) in [6, 6.07) is 12.4. The predicted molar refractivity (Wildman–Crippen MR) is 94.8 cm³/mol. The second-order valence-corrected chi connectivity index (χ2v) is 5.76. The first-order valence-electron chi connectivity index (χ1n) is 6.93. The van der Waals surface area contributed by atoms with Crippen LogP contribution in [0.5, 0.6) is 5.75 Å². The summed E-state index contributed by atoms with van der Waals surface area (Å²) >= 11 is 3.39. The van der Waals surface area contributed by atoms with E-state index in [1.54, 1.807) is 37.5 Å². The SMILES string of the molecule is COc1ccc(Br)cc1C=CC(=O)Nc1cccc(C(C)=O)c1. The van der Waals surface area contributed by atoms with Gasteiger partial charge in [-0.2, -0.15) is 0 Å². The zero-order chi connectivity index (χ0) is 16.8.